The van der Waals surface area contributed by atoms with Gasteiger partial charge in [0.2, 0.25) is 0 Å². The summed E-state index contributed by atoms with van der Waals surface area (Å²) in [5, 5.41) is 12.7. The van der Waals surface area contributed by atoms with Crippen molar-refractivity contribution in [2.75, 3.05) is 18.5 Å². The van der Waals surface area contributed by atoms with Crippen molar-refractivity contribution in [3.8, 4) is 5.75 Å². The zero-order valence-corrected chi connectivity index (χ0v) is 14.7. The highest BCUT2D eigenvalue weighted by atomic mass is 35.5. The van der Waals surface area contributed by atoms with Crippen LogP contribution in [0, 0.1) is 13.8 Å². The molecule has 2 rings (SSSR count). The number of halogens is 1. The maximum atomic E-state index is 11.2. The number of anilines is 1. The number of aromatic carboxylic acids is 1. The van der Waals surface area contributed by atoms with Crippen molar-refractivity contribution in [1.29, 1.82) is 0 Å². The van der Waals surface area contributed by atoms with E-state index in [2.05, 4.69) is 17.4 Å². The molecular weight excluding hydrogens is 326 g/mol. The van der Waals surface area contributed by atoms with Crippen LogP contribution >= 0.6 is 11.6 Å². The van der Waals surface area contributed by atoms with Crippen LogP contribution in [0.2, 0.25) is 5.02 Å². The molecule has 0 aliphatic heterocycles. The zero-order valence-electron chi connectivity index (χ0n) is 13.9. The van der Waals surface area contributed by atoms with Crippen LogP contribution in [0.15, 0.2) is 36.4 Å². The largest absolute Gasteiger partial charge is 0.493 e. The Morgan fingerprint density at radius 1 is 1.21 bits per heavy atom. The maximum Gasteiger partial charge on any atom is 0.337 e. The molecule has 128 valence electrons. The predicted molar refractivity (Wildman–Crippen MR) is 97.5 cm³/mol. The van der Waals surface area contributed by atoms with Crippen molar-refractivity contribution in [3.63, 3.8) is 0 Å². The molecule has 24 heavy (non-hydrogen) atoms. The fraction of sp³-hybridized carbons (Fsp3) is 0.316. The first-order chi connectivity index (χ1) is 11.5. The molecule has 0 spiro atoms. The molecule has 0 amide bonds. The Kier molecular flexibility index (Phi) is 6.50. The Morgan fingerprint density at radius 2 is 2.00 bits per heavy atom. The van der Waals surface area contributed by atoms with Crippen molar-refractivity contribution in [2.45, 2.75) is 26.7 Å². The molecule has 0 unspecified atom stereocenters. The molecule has 5 heteroatoms. The minimum atomic E-state index is -0.988. The molecule has 2 N–H and O–H groups in total. The van der Waals surface area contributed by atoms with Crippen molar-refractivity contribution >= 4 is 23.3 Å². The quantitative estimate of drug-likeness (QED) is 0.665. The first-order valence-corrected chi connectivity index (χ1v) is 8.32. The number of unbranched alkanes of at least 4 members (excludes halogenated alkanes) is 1. The molecule has 0 aliphatic rings. The fourth-order valence-electron chi connectivity index (χ4n) is 2.37. The molecule has 4 nitrogen and oxygen atoms in total. The molecule has 0 saturated carbocycles. The summed E-state index contributed by atoms with van der Waals surface area (Å²) < 4.78 is 5.81. The van der Waals surface area contributed by atoms with Crippen LogP contribution in [-0.4, -0.2) is 24.2 Å². The molecule has 0 atom stereocenters. The molecule has 0 saturated heterocycles. The Balaban J connectivity index is 1.78. The summed E-state index contributed by atoms with van der Waals surface area (Å²) in [7, 11) is 0. The zero-order chi connectivity index (χ0) is 17.5. The van der Waals surface area contributed by atoms with E-state index in [0.717, 1.165) is 24.2 Å². The third-order valence-corrected chi connectivity index (χ3v) is 4.03. The van der Waals surface area contributed by atoms with Crippen LogP contribution in [0.3, 0.4) is 0 Å². The SMILES string of the molecule is Cc1ccc(C)c(OCCCCNc2c(Cl)cccc2C(=O)O)c1. The highest BCUT2D eigenvalue weighted by molar-refractivity contribution is 6.34. The number of benzene rings is 2. The second-order valence-electron chi connectivity index (χ2n) is 5.72. The van der Waals surface area contributed by atoms with Crippen LogP contribution in [-0.2, 0) is 0 Å². The topological polar surface area (TPSA) is 58.6 Å². The molecular formula is C19H22ClNO3. The lowest BCUT2D eigenvalue weighted by atomic mass is 10.1. The smallest absolute Gasteiger partial charge is 0.337 e. The number of hydrogen-bond acceptors (Lipinski definition) is 3. The summed E-state index contributed by atoms with van der Waals surface area (Å²) in [6.07, 6.45) is 1.72. The van der Waals surface area contributed by atoms with Gasteiger partial charge in [-0.15, -0.1) is 0 Å². The first kappa shape index (κ1) is 18.1. The summed E-state index contributed by atoms with van der Waals surface area (Å²) in [5.41, 5.74) is 2.97. The number of ether oxygens (including phenoxy) is 1. The van der Waals surface area contributed by atoms with E-state index < -0.39 is 5.97 Å². The van der Waals surface area contributed by atoms with Gasteiger partial charge in [-0.2, -0.15) is 0 Å². The summed E-state index contributed by atoms with van der Waals surface area (Å²) in [6.45, 7) is 5.33. The van der Waals surface area contributed by atoms with E-state index >= 15 is 0 Å². The maximum absolute atomic E-state index is 11.2. The number of carboxylic acids is 1. The molecule has 0 bridgehead atoms. The Hall–Kier alpha value is -2.20. The van der Waals surface area contributed by atoms with E-state index in [9.17, 15) is 9.90 Å². The van der Waals surface area contributed by atoms with E-state index in [0.29, 0.717) is 23.9 Å². The van der Waals surface area contributed by atoms with Crippen LogP contribution in [0.5, 0.6) is 5.75 Å². The van der Waals surface area contributed by atoms with Crippen molar-refractivity contribution < 1.29 is 14.6 Å². The number of rotatable bonds is 8. The van der Waals surface area contributed by atoms with Gasteiger partial charge in [0.1, 0.15) is 5.75 Å². The highest BCUT2D eigenvalue weighted by Crippen LogP contribution is 2.26. The highest BCUT2D eigenvalue weighted by Gasteiger charge is 2.12. The molecule has 0 fully saturated rings. The van der Waals surface area contributed by atoms with E-state index in [1.54, 1.807) is 18.2 Å². The molecule has 0 heterocycles. The molecule has 0 aliphatic carbocycles. The van der Waals surface area contributed by atoms with Crippen LogP contribution < -0.4 is 10.1 Å². The Morgan fingerprint density at radius 3 is 2.75 bits per heavy atom. The summed E-state index contributed by atoms with van der Waals surface area (Å²) >= 11 is 6.08. The number of carboxylic acid groups (broad SMARTS) is 1. The molecule has 0 radical (unpaired) electrons. The van der Waals surface area contributed by atoms with Crippen LogP contribution in [0.1, 0.15) is 34.3 Å². The molecule has 2 aromatic rings. The lowest BCUT2D eigenvalue weighted by molar-refractivity contribution is 0.0698. The van der Waals surface area contributed by atoms with Gasteiger partial charge < -0.3 is 15.2 Å². The lowest BCUT2D eigenvalue weighted by Gasteiger charge is -2.12. The minimum absolute atomic E-state index is 0.189. The molecule has 0 aromatic heterocycles. The van der Waals surface area contributed by atoms with Crippen molar-refractivity contribution in [3.05, 3.63) is 58.1 Å². The monoisotopic (exact) mass is 347 g/mol. The van der Waals surface area contributed by atoms with E-state index in [1.807, 2.05) is 19.9 Å². The molecule has 2 aromatic carbocycles. The summed E-state index contributed by atoms with van der Waals surface area (Å²) in [6, 6.07) is 11.0. The van der Waals surface area contributed by atoms with Crippen molar-refractivity contribution in [1.82, 2.24) is 0 Å². The first-order valence-electron chi connectivity index (χ1n) is 7.95. The normalized spacial score (nSPS) is 10.5. The van der Waals surface area contributed by atoms with Gasteiger partial charge in [-0.05, 0) is 56.0 Å². The summed E-state index contributed by atoms with van der Waals surface area (Å²) in [5.74, 6) is -0.0690. The third kappa shape index (κ3) is 4.90. The van der Waals surface area contributed by atoms with Gasteiger partial charge in [-0.25, -0.2) is 4.79 Å². The number of nitrogens with one attached hydrogen (secondary N) is 1. The second-order valence-corrected chi connectivity index (χ2v) is 6.13. The van der Waals surface area contributed by atoms with E-state index in [-0.39, 0.29) is 5.56 Å². The van der Waals surface area contributed by atoms with E-state index in [4.69, 9.17) is 16.3 Å². The number of hydrogen-bond donors (Lipinski definition) is 2. The number of aryl methyl sites for hydroxylation is 2. The van der Waals surface area contributed by atoms with Gasteiger partial charge in [-0.3, -0.25) is 0 Å². The Labute approximate surface area is 147 Å². The Bertz CT molecular complexity index is 716. The van der Waals surface area contributed by atoms with Gasteiger partial charge in [0.25, 0.3) is 0 Å². The third-order valence-electron chi connectivity index (χ3n) is 3.72. The van der Waals surface area contributed by atoms with Crippen LogP contribution in [0.25, 0.3) is 0 Å². The van der Waals surface area contributed by atoms with Gasteiger partial charge in [-0.1, -0.05) is 29.8 Å². The predicted octanol–water partition coefficient (Wildman–Crippen LogP) is 4.93. The fourth-order valence-corrected chi connectivity index (χ4v) is 2.61. The van der Waals surface area contributed by atoms with Crippen LogP contribution in [0.4, 0.5) is 5.69 Å². The standard InChI is InChI=1S/C19H22ClNO3/c1-13-8-9-14(2)17(12-13)24-11-4-3-10-21-18-15(19(22)23)6-5-7-16(18)20/h5-9,12,21H,3-4,10-11H2,1-2H3,(H,22,23). The van der Waals surface area contributed by atoms with Gasteiger partial charge in [0.05, 0.1) is 22.9 Å². The van der Waals surface area contributed by atoms with Gasteiger partial charge in [0, 0.05) is 6.54 Å². The average Bonchev–Trinajstić information content (AvgIpc) is 2.54. The van der Waals surface area contributed by atoms with Gasteiger partial charge in [0.15, 0.2) is 0 Å². The van der Waals surface area contributed by atoms with Crippen molar-refractivity contribution in [2.24, 2.45) is 0 Å². The van der Waals surface area contributed by atoms with Gasteiger partial charge >= 0.3 is 5.97 Å². The number of carbonyl (C=O) groups is 1. The minimum Gasteiger partial charge on any atom is -0.493 e. The number of para-hydroxylation sites is 1. The average molecular weight is 348 g/mol. The van der Waals surface area contributed by atoms with E-state index in [1.165, 1.54) is 5.56 Å². The summed E-state index contributed by atoms with van der Waals surface area (Å²) in [4.78, 5) is 11.2. The lowest BCUT2D eigenvalue weighted by Crippen LogP contribution is -2.09. The second kappa shape index (κ2) is 8.60.